The van der Waals surface area contributed by atoms with Crippen molar-refractivity contribution in [2.45, 2.75) is 12.5 Å². The minimum Gasteiger partial charge on any atom is -0.472 e. The Bertz CT molecular complexity index is 764. The van der Waals surface area contributed by atoms with Crippen molar-refractivity contribution in [3.8, 4) is 11.1 Å². The van der Waals surface area contributed by atoms with Crippen LogP contribution in [0.25, 0.3) is 11.1 Å². The van der Waals surface area contributed by atoms with Crippen molar-refractivity contribution < 1.29 is 14.3 Å². The molecule has 24 heavy (non-hydrogen) atoms. The first kappa shape index (κ1) is 16.0. The van der Waals surface area contributed by atoms with Gasteiger partial charge < -0.3 is 14.8 Å². The predicted octanol–water partition coefficient (Wildman–Crippen LogP) is 3.34. The summed E-state index contributed by atoms with van der Waals surface area (Å²) in [5, 5.41) is 12.6. The molecule has 4 nitrogen and oxygen atoms in total. The molecule has 2 aromatic carbocycles. The van der Waals surface area contributed by atoms with Crippen LogP contribution in [-0.2, 0) is 11.2 Å². The Morgan fingerprint density at radius 3 is 2.38 bits per heavy atom. The van der Waals surface area contributed by atoms with Gasteiger partial charge >= 0.3 is 0 Å². The summed E-state index contributed by atoms with van der Waals surface area (Å²) in [4.78, 5) is 12.0. The lowest BCUT2D eigenvalue weighted by atomic mass is 10.0. The number of furan rings is 1. The molecular weight excluding hydrogens is 302 g/mol. The van der Waals surface area contributed by atoms with Crippen molar-refractivity contribution in [3.63, 3.8) is 0 Å². The Morgan fingerprint density at radius 1 is 1.00 bits per heavy atom. The Kier molecular flexibility index (Phi) is 5.08. The third-order valence-electron chi connectivity index (χ3n) is 3.85. The number of carbonyl (C=O) groups is 1. The molecule has 2 N–H and O–H groups in total. The summed E-state index contributed by atoms with van der Waals surface area (Å²) in [6.45, 7) is 0.167. The van der Waals surface area contributed by atoms with Crippen LogP contribution in [0.4, 0.5) is 0 Å². The smallest absolute Gasteiger partial charge is 0.224 e. The van der Waals surface area contributed by atoms with E-state index in [0.717, 1.165) is 16.7 Å². The minimum absolute atomic E-state index is 0.120. The maximum atomic E-state index is 12.0. The van der Waals surface area contributed by atoms with E-state index in [4.69, 9.17) is 4.42 Å². The number of hydrogen-bond acceptors (Lipinski definition) is 3. The minimum atomic E-state index is -0.756. The van der Waals surface area contributed by atoms with Crippen LogP contribution in [0.3, 0.4) is 0 Å². The molecule has 0 aliphatic rings. The molecule has 122 valence electrons. The van der Waals surface area contributed by atoms with E-state index in [0.29, 0.717) is 5.56 Å². The van der Waals surface area contributed by atoms with Crippen LogP contribution >= 0.6 is 0 Å². The van der Waals surface area contributed by atoms with Crippen molar-refractivity contribution in [3.05, 3.63) is 84.3 Å². The van der Waals surface area contributed by atoms with Crippen LogP contribution in [0.5, 0.6) is 0 Å². The quantitative estimate of drug-likeness (QED) is 0.732. The van der Waals surface area contributed by atoms with Gasteiger partial charge in [0.2, 0.25) is 5.91 Å². The summed E-state index contributed by atoms with van der Waals surface area (Å²) >= 11 is 0. The second-order valence-electron chi connectivity index (χ2n) is 5.62. The van der Waals surface area contributed by atoms with E-state index in [1.54, 1.807) is 6.07 Å². The molecule has 1 atom stereocenters. The second kappa shape index (κ2) is 7.62. The Balaban J connectivity index is 1.53. The maximum absolute atomic E-state index is 12.0. The summed E-state index contributed by atoms with van der Waals surface area (Å²) < 4.78 is 4.91. The topological polar surface area (TPSA) is 62.5 Å². The van der Waals surface area contributed by atoms with Crippen LogP contribution in [0.15, 0.2) is 77.6 Å². The number of rotatable bonds is 6. The average molecular weight is 321 g/mol. The lowest BCUT2D eigenvalue weighted by Crippen LogP contribution is -2.29. The molecule has 0 fully saturated rings. The summed E-state index contributed by atoms with van der Waals surface area (Å²) in [5.74, 6) is -0.120. The van der Waals surface area contributed by atoms with Crippen molar-refractivity contribution in [1.29, 1.82) is 0 Å². The van der Waals surface area contributed by atoms with Crippen molar-refractivity contribution in [2.75, 3.05) is 6.54 Å². The fraction of sp³-hybridized carbons (Fsp3) is 0.150. The summed E-state index contributed by atoms with van der Waals surface area (Å²) in [6, 6.07) is 19.7. The first-order chi connectivity index (χ1) is 11.7. The summed E-state index contributed by atoms with van der Waals surface area (Å²) in [6.07, 6.45) is 2.49. The molecule has 0 spiro atoms. The highest BCUT2D eigenvalue weighted by Gasteiger charge is 2.11. The van der Waals surface area contributed by atoms with Crippen LogP contribution in [0.1, 0.15) is 17.2 Å². The van der Waals surface area contributed by atoms with Gasteiger partial charge in [-0.15, -0.1) is 0 Å². The lowest BCUT2D eigenvalue weighted by Gasteiger charge is -2.10. The van der Waals surface area contributed by atoms with Gasteiger partial charge in [0.25, 0.3) is 0 Å². The van der Waals surface area contributed by atoms with E-state index < -0.39 is 6.10 Å². The van der Waals surface area contributed by atoms with E-state index >= 15 is 0 Å². The lowest BCUT2D eigenvalue weighted by molar-refractivity contribution is -0.120. The van der Waals surface area contributed by atoms with Crippen molar-refractivity contribution >= 4 is 5.91 Å². The highest BCUT2D eigenvalue weighted by molar-refractivity contribution is 5.78. The van der Waals surface area contributed by atoms with Gasteiger partial charge in [-0.1, -0.05) is 54.6 Å². The Morgan fingerprint density at radius 2 is 1.71 bits per heavy atom. The van der Waals surface area contributed by atoms with Crippen molar-refractivity contribution in [2.24, 2.45) is 0 Å². The SMILES string of the molecule is O=C(Cc1ccc(-c2ccccc2)cc1)NC[C@H](O)c1ccoc1. The molecule has 1 aromatic heterocycles. The maximum Gasteiger partial charge on any atom is 0.224 e. The number of amides is 1. The van der Waals surface area contributed by atoms with Crippen LogP contribution in [0.2, 0.25) is 0 Å². The normalized spacial score (nSPS) is 11.9. The van der Waals surface area contributed by atoms with E-state index in [-0.39, 0.29) is 18.9 Å². The molecular formula is C20H19NO3. The van der Waals surface area contributed by atoms with Gasteiger partial charge in [0.05, 0.1) is 25.1 Å². The molecule has 3 aromatic rings. The largest absolute Gasteiger partial charge is 0.472 e. The molecule has 0 saturated heterocycles. The third-order valence-corrected chi connectivity index (χ3v) is 3.85. The number of benzene rings is 2. The highest BCUT2D eigenvalue weighted by atomic mass is 16.3. The van der Waals surface area contributed by atoms with Crippen LogP contribution in [-0.4, -0.2) is 17.6 Å². The van der Waals surface area contributed by atoms with E-state index in [1.807, 2.05) is 42.5 Å². The van der Waals surface area contributed by atoms with Gasteiger partial charge in [-0.25, -0.2) is 0 Å². The molecule has 0 unspecified atom stereocenters. The first-order valence-electron chi connectivity index (χ1n) is 7.83. The monoisotopic (exact) mass is 321 g/mol. The summed E-state index contributed by atoms with van der Waals surface area (Å²) in [7, 11) is 0. The van der Waals surface area contributed by atoms with Crippen LogP contribution < -0.4 is 5.32 Å². The fourth-order valence-corrected chi connectivity index (χ4v) is 2.49. The Hall–Kier alpha value is -2.85. The predicted molar refractivity (Wildman–Crippen MR) is 92.3 cm³/mol. The molecule has 4 heteroatoms. The molecule has 0 radical (unpaired) electrons. The van der Waals surface area contributed by atoms with Gasteiger partial charge in [-0.3, -0.25) is 4.79 Å². The van der Waals surface area contributed by atoms with Crippen LogP contribution in [0, 0.1) is 0 Å². The fourth-order valence-electron chi connectivity index (χ4n) is 2.49. The molecule has 1 amide bonds. The number of aliphatic hydroxyl groups excluding tert-OH is 1. The number of carbonyl (C=O) groups excluding carboxylic acids is 1. The second-order valence-corrected chi connectivity index (χ2v) is 5.62. The van der Waals surface area contributed by atoms with Gasteiger partial charge in [0, 0.05) is 12.1 Å². The molecule has 0 saturated carbocycles. The number of aliphatic hydroxyl groups is 1. The van der Waals surface area contributed by atoms with Crippen molar-refractivity contribution in [1.82, 2.24) is 5.32 Å². The standard InChI is InChI=1S/C20H19NO3/c22-19(18-10-11-24-14-18)13-21-20(23)12-15-6-8-17(9-7-15)16-4-2-1-3-5-16/h1-11,14,19,22H,12-13H2,(H,21,23)/t19-/m0/s1. The molecule has 3 rings (SSSR count). The molecule has 0 aliphatic carbocycles. The van der Waals surface area contributed by atoms with Gasteiger partial charge in [0.15, 0.2) is 0 Å². The van der Waals surface area contributed by atoms with Gasteiger partial charge in [0.1, 0.15) is 0 Å². The van der Waals surface area contributed by atoms with E-state index in [2.05, 4.69) is 17.4 Å². The third kappa shape index (κ3) is 4.12. The average Bonchev–Trinajstić information content (AvgIpc) is 3.16. The zero-order valence-corrected chi connectivity index (χ0v) is 13.2. The highest BCUT2D eigenvalue weighted by Crippen LogP contribution is 2.19. The number of hydrogen-bond donors (Lipinski definition) is 2. The number of nitrogens with one attached hydrogen (secondary N) is 1. The molecule has 0 bridgehead atoms. The molecule has 1 heterocycles. The van der Waals surface area contributed by atoms with E-state index in [1.165, 1.54) is 12.5 Å². The van der Waals surface area contributed by atoms with E-state index in [9.17, 15) is 9.90 Å². The molecule has 0 aliphatic heterocycles. The Labute approximate surface area is 140 Å². The first-order valence-corrected chi connectivity index (χ1v) is 7.83. The summed E-state index contributed by atoms with van der Waals surface area (Å²) in [5.41, 5.74) is 3.86. The van der Waals surface area contributed by atoms with Gasteiger partial charge in [-0.2, -0.15) is 0 Å². The zero-order chi connectivity index (χ0) is 16.8. The zero-order valence-electron chi connectivity index (χ0n) is 13.2. The van der Waals surface area contributed by atoms with Gasteiger partial charge in [-0.05, 0) is 22.8 Å².